The Balaban J connectivity index is 0. The molecule has 94 valence electrons. The molecule has 0 saturated heterocycles. The lowest BCUT2D eigenvalue weighted by Crippen LogP contribution is -1.93. The fraction of sp³-hybridized carbons (Fsp3) is 0.538. The third kappa shape index (κ3) is 5.49. The second-order valence-corrected chi connectivity index (χ2v) is 2.32. The quantitative estimate of drug-likeness (QED) is 0.852. The molecular weight excluding hydrogens is 202 g/mol. The summed E-state index contributed by atoms with van der Waals surface area (Å²) < 4.78 is 10.2. The van der Waals surface area contributed by atoms with Gasteiger partial charge in [-0.2, -0.15) is 0 Å². The molecule has 0 amide bonds. The molecule has 0 saturated carbocycles. The minimum Gasteiger partial charge on any atom is -0.493 e. The van der Waals surface area contributed by atoms with E-state index in [1.54, 1.807) is 14.2 Å². The van der Waals surface area contributed by atoms with E-state index in [1.807, 2.05) is 52.9 Å². The molecule has 0 heterocycles. The van der Waals surface area contributed by atoms with Gasteiger partial charge in [-0.15, -0.1) is 0 Å². The average Bonchev–Trinajstić information content (AvgIpc) is 2.42. The Morgan fingerprint density at radius 3 is 1.75 bits per heavy atom. The first-order valence-electron chi connectivity index (χ1n) is 5.71. The molecule has 0 aliphatic rings. The van der Waals surface area contributed by atoms with Gasteiger partial charge in [0.05, 0.1) is 14.2 Å². The Bertz CT molecular complexity index is 262. The number of benzene rings is 1. The predicted molar refractivity (Wildman–Crippen MR) is 71.8 cm³/mol. The van der Waals surface area contributed by atoms with Crippen LogP contribution in [0.15, 0.2) is 18.2 Å². The first-order chi connectivity index (χ1) is 7.81. The number of hydrogen-bond acceptors (Lipinski definition) is 3. The van der Waals surface area contributed by atoms with Crippen molar-refractivity contribution < 1.29 is 9.47 Å². The van der Waals surface area contributed by atoms with E-state index in [-0.39, 0.29) is 0 Å². The molecule has 16 heavy (non-hydrogen) atoms. The molecule has 0 aliphatic carbocycles. The van der Waals surface area contributed by atoms with Crippen LogP contribution in [0.2, 0.25) is 0 Å². The lowest BCUT2D eigenvalue weighted by Gasteiger charge is -2.08. The van der Waals surface area contributed by atoms with E-state index in [9.17, 15) is 0 Å². The first-order valence-corrected chi connectivity index (χ1v) is 5.71. The van der Waals surface area contributed by atoms with Crippen LogP contribution in [0.5, 0.6) is 11.5 Å². The zero-order valence-electron chi connectivity index (χ0n) is 11.5. The summed E-state index contributed by atoms with van der Waals surface area (Å²) in [4.78, 5) is 0. The van der Waals surface area contributed by atoms with Gasteiger partial charge in [-0.05, 0) is 12.1 Å². The summed E-state index contributed by atoms with van der Waals surface area (Å²) in [5.74, 6) is 1.49. The van der Waals surface area contributed by atoms with Gasteiger partial charge in [0.1, 0.15) is 0 Å². The molecule has 1 aromatic carbocycles. The van der Waals surface area contributed by atoms with Crippen LogP contribution in [0.3, 0.4) is 0 Å². The molecule has 0 spiro atoms. The van der Waals surface area contributed by atoms with Crippen molar-refractivity contribution >= 4 is 5.69 Å². The number of nitrogens with one attached hydrogen (secondary N) is 1. The maximum atomic E-state index is 5.11. The molecule has 1 aromatic rings. The van der Waals surface area contributed by atoms with Gasteiger partial charge >= 0.3 is 0 Å². The van der Waals surface area contributed by atoms with Gasteiger partial charge in [-0.1, -0.05) is 27.7 Å². The van der Waals surface area contributed by atoms with Gasteiger partial charge in [0.2, 0.25) is 0 Å². The highest BCUT2D eigenvalue weighted by molar-refractivity contribution is 5.54. The SMILES string of the molecule is CC.CC.CNc1ccc(OC)c(OC)c1. The van der Waals surface area contributed by atoms with Crippen molar-refractivity contribution in [1.82, 2.24) is 0 Å². The van der Waals surface area contributed by atoms with Gasteiger partial charge in [0, 0.05) is 18.8 Å². The van der Waals surface area contributed by atoms with Crippen molar-refractivity contribution in [3.8, 4) is 11.5 Å². The Morgan fingerprint density at radius 1 is 0.875 bits per heavy atom. The molecule has 0 fully saturated rings. The summed E-state index contributed by atoms with van der Waals surface area (Å²) in [6, 6.07) is 5.69. The molecule has 0 atom stereocenters. The van der Waals surface area contributed by atoms with E-state index in [0.717, 1.165) is 17.2 Å². The molecule has 0 aliphatic heterocycles. The van der Waals surface area contributed by atoms with E-state index in [1.165, 1.54) is 0 Å². The Morgan fingerprint density at radius 2 is 1.38 bits per heavy atom. The standard InChI is InChI=1S/C9H13NO2.2C2H6/c1-10-7-4-5-8(11-2)9(6-7)12-3;2*1-2/h4-6,10H,1-3H3;2*1-2H3. The number of ether oxygens (including phenoxy) is 2. The highest BCUT2D eigenvalue weighted by Gasteiger charge is 2.02. The topological polar surface area (TPSA) is 30.5 Å². The molecule has 0 bridgehead atoms. The van der Waals surface area contributed by atoms with E-state index < -0.39 is 0 Å². The minimum atomic E-state index is 0.740. The summed E-state index contributed by atoms with van der Waals surface area (Å²) in [5.41, 5.74) is 1.01. The highest BCUT2D eigenvalue weighted by Crippen LogP contribution is 2.29. The molecule has 0 radical (unpaired) electrons. The van der Waals surface area contributed by atoms with Gasteiger partial charge in [0.15, 0.2) is 11.5 Å². The van der Waals surface area contributed by atoms with Crippen molar-refractivity contribution in [3.05, 3.63) is 18.2 Å². The third-order valence-electron chi connectivity index (χ3n) is 1.67. The summed E-state index contributed by atoms with van der Waals surface area (Å²) in [6.07, 6.45) is 0. The number of hydrogen-bond donors (Lipinski definition) is 1. The van der Waals surface area contributed by atoms with Crippen LogP contribution in [-0.4, -0.2) is 21.3 Å². The van der Waals surface area contributed by atoms with Crippen LogP contribution >= 0.6 is 0 Å². The van der Waals surface area contributed by atoms with Crippen LogP contribution in [0.1, 0.15) is 27.7 Å². The largest absolute Gasteiger partial charge is 0.493 e. The first kappa shape index (κ1) is 17.0. The summed E-state index contributed by atoms with van der Waals surface area (Å²) in [5, 5.41) is 3.02. The maximum Gasteiger partial charge on any atom is 0.162 e. The normalized spacial score (nSPS) is 7.69. The fourth-order valence-electron chi connectivity index (χ4n) is 0.992. The minimum absolute atomic E-state index is 0.740. The van der Waals surface area contributed by atoms with Crippen molar-refractivity contribution in [1.29, 1.82) is 0 Å². The number of methoxy groups -OCH3 is 2. The summed E-state index contributed by atoms with van der Waals surface area (Å²) >= 11 is 0. The van der Waals surface area contributed by atoms with E-state index in [2.05, 4.69) is 5.32 Å². The highest BCUT2D eigenvalue weighted by atomic mass is 16.5. The molecule has 1 N–H and O–H groups in total. The van der Waals surface area contributed by atoms with E-state index in [0.29, 0.717) is 0 Å². The van der Waals surface area contributed by atoms with Crippen LogP contribution in [0.4, 0.5) is 5.69 Å². The fourth-order valence-corrected chi connectivity index (χ4v) is 0.992. The van der Waals surface area contributed by atoms with Crippen molar-refractivity contribution in [3.63, 3.8) is 0 Å². The number of rotatable bonds is 3. The van der Waals surface area contributed by atoms with Gasteiger partial charge < -0.3 is 14.8 Å². The van der Waals surface area contributed by atoms with Crippen LogP contribution in [0.25, 0.3) is 0 Å². The maximum absolute atomic E-state index is 5.11. The predicted octanol–water partition coefficient (Wildman–Crippen LogP) is 3.80. The van der Waals surface area contributed by atoms with E-state index in [4.69, 9.17) is 9.47 Å². The molecule has 1 rings (SSSR count). The van der Waals surface area contributed by atoms with Crippen molar-refractivity contribution in [2.75, 3.05) is 26.6 Å². The van der Waals surface area contributed by atoms with Gasteiger partial charge in [-0.25, -0.2) is 0 Å². The lowest BCUT2D eigenvalue weighted by atomic mass is 10.3. The number of anilines is 1. The Hall–Kier alpha value is -1.38. The van der Waals surface area contributed by atoms with Gasteiger partial charge in [0.25, 0.3) is 0 Å². The lowest BCUT2D eigenvalue weighted by molar-refractivity contribution is 0.355. The van der Waals surface area contributed by atoms with E-state index >= 15 is 0 Å². The van der Waals surface area contributed by atoms with Gasteiger partial charge in [-0.3, -0.25) is 0 Å². The van der Waals surface area contributed by atoms with Crippen LogP contribution in [0, 0.1) is 0 Å². The second kappa shape index (κ2) is 11.7. The van der Waals surface area contributed by atoms with Crippen LogP contribution in [-0.2, 0) is 0 Å². The second-order valence-electron chi connectivity index (χ2n) is 2.32. The van der Waals surface area contributed by atoms with Crippen molar-refractivity contribution in [2.45, 2.75) is 27.7 Å². The molecule has 0 aromatic heterocycles. The average molecular weight is 227 g/mol. The molecule has 0 unspecified atom stereocenters. The monoisotopic (exact) mass is 227 g/mol. The molecule has 3 heteroatoms. The Kier molecular flexibility index (Phi) is 12.4. The summed E-state index contributed by atoms with van der Waals surface area (Å²) in [7, 11) is 5.11. The summed E-state index contributed by atoms with van der Waals surface area (Å²) in [6.45, 7) is 8.00. The smallest absolute Gasteiger partial charge is 0.162 e. The zero-order chi connectivity index (χ0) is 13.0. The third-order valence-corrected chi connectivity index (χ3v) is 1.67. The zero-order valence-corrected chi connectivity index (χ0v) is 11.5. The molecular formula is C13H25NO2. The Labute approximate surface area is 99.8 Å². The molecule has 3 nitrogen and oxygen atoms in total. The van der Waals surface area contributed by atoms with Crippen LogP contribution < -0.4 is 14.8 Å². The van der Waals surface area contributed by atoms with Crippen molar-refractivity contribution in [2.24, 2.45) is 0 Å².